The predicted molar refractivity (Wildman–Crippen MR) is 133 cm³/mol. The molecule has 3 aromatic carbocycles. The van der Waals surface area contributed by atoms with E-state index in [0.29, 0.717) is 27.8 Å². The molecule has 9 nitrogen and oxygen atoms in total. The Morgan fingerprint density at radius 3 is 2.42 bits per heavy atom. The largest absolute Gasteiger partial charge is 0.497 e. The minimum absolute atomic E-state index is 0.00347. The van der Waals surface area contributed by atoms with Gasteiger partial charge in [0.05, 0.1) is 12.0 Å². The maximum Gasteiger partial charge on any atom is 0.326 e. The summed E-state index contributed by atoms with van der Waals surface area (Å²) in [6.45, 7) is 0. The van der Waals surface area contributed by atoms with Gasteiger partial charge in [-0.1, -0.05) is 36.4 Å². The zero-order chi connectivity index (χ0) is 25.9. The molecule has 0 saturated heterocycles. The van der Waals surface area contributed by atoms with Gasteiger partial charge in [0, 0.05) is 11.8 Å². The molecule has 3 N–H and O–H groups in total. The number of furan rings is 1. The minimum Gasteiger partial charge on any atom is -0.497 e. The molecule has 4 rings (SSSR count). The van der Waals surface area contributed by atoms with Crippen LogP contribution in [0.1, 0.15) is 16.1 Å². The summed E-state index contributed by atoms with van der Waals surface area (Å²) in [5, 5.41) is 12.8. The highest BCUT2D eigenvalue weighted by molar-refractivity contribution is 7.89. The first-order chi connectivity index (χ1) is 17.2. The van der Waals surface area contributed by atoms with Gasteiger partial charge in [0.25, 0.3) is 5.91 Å². The monoisotopic (exact) mass is 508 g/mol. The maximum absolute atomic E-state index is 12.7. The Kier molecular flexibility index (Phi) is 7.09. The van der Waals surface area contributed by atoms with Gasteiger partial charge < -0.3 is 19.6 Å². The molecule has 186 valence electrons. The fraction of sp³-hybridized carbons (Fsp3) is 0.154. The van der Waals surface area contributed by atoms with Crippen LogP contribution in [0.5, 0.6) is 5.75 Å². The van der Waals surface area contributed by atoms with Crippen molar-refractivity contribution in [3.8, 4) is 16.9 Å². The van der Waals surface area contributed by atoms with Crippen LogP contribution in [0.2, 0.25) is 0 Å². The molecule has 0 aliphatic carbocycles. The van der Waals surface area contributed by atoms with Gasteiger partial charge in [-0.25, -0.2) is 17.9 Å². The fourth-order valence-corrected chi connectivity index (χ4v) is 4.49. The zero-order valence-corrected chi connectivity index (χ0v) is 20.3. The van der Waals surface area contributed by atoms with Crippen molar-refractivity contribution in [3.63, 3.8) is 0 Å². The van der Waals surface area contributed by atoms with Gasteiger partial charge in [-0.3, -0.25) is 4.79 Å². The highest BCUT2D eigenvalue weighted by Crippen LogP contribution is 2.25. The summed E-state index contributed by atoms with van der Waals surface area (Å²) in [6, 6.07) is 19.0. The van der Waals surface area contributed by atoms with E-state index in [0.717, 1.165) is 5.56 Å². The minimum atomic E-state index is -3.58. The van der Waals surface area contributed by atoms with Crippen LogP contribution in [0.25, 0.3) is 22.1 Å². The van der Waals surface area contributed by atoms with E-state index in [2.05, 4.69) is 10.0 Å². The number of carboxylic acids is 1. The molecular formula is C26H24N2O7S. The third-order valence-electron chi connectivity index (χ3n) is 5.69. The van der Waals surface area contributed by atoms with E-state index in [4.69, 9.17) is 9.15 Å². The van der Waals surface area contributed by atoms with E-state index in [1.54, 1.807) is 60.7 Å². The first-order valence-corrected chi connectivity index (χ1v) is 12.4. The van der Waals surface area contributed by atoms with Crippen molar-refractivity contribution in [2.45, 2.75) is 17.4 Å². The van der Waals surface area contributed by atoms with Gasteiger partial charge in [0.2, 0.25) is 10.0 Å². The maximum atomic E-state index is 12.7. The van der Waals surface area contributed by atoms with Crippen LogP contribution in [0, 0.1) is 0 Å². The second-order valence-corrected chi connectivity index (χ2v) is 9.90. The number of rotatable bonds is 9. The summed E-state index contributed by atoms with van der Waals surface area (Å²) in [5.41, 5.74) is 2.62. The molecule has 10 heteroatoms. The fourth-order valence-electron chi connectivity index (χ4n) is 3.72. The number of hydrogen-bond donors (Lipinski definition) is 3. The highest BCUT2D eigenvalue weighted by Gasteiger charge is 2.23. The van der Waals surface area contributed by atoms with E-state index >= 15 is 0 Å². The molecule has 1 amide bonds. The van der Waals surface area contributed by atoms with E-state index in [-0.39, 0.29) is 17.1 Å². The van der Waals surface area contributed by atoms with Crippen LogP contribution < -0.4 is 14.8 Å². The van der Waals surface area contributed by atoms with Crippen LogP contribution in [0.15, 0.2) is 82.1 Å². The lowest BCUT2D eigenvalue weighted by atomic mass is 10.0. The van der Waals surface area contributed by atoms with Crippen molar-refractivity contribution in [1.29, 1.82) is 0 Å². The Bertz CT molecular complexity index is 1530. The second kappa shape index (κ2) is 10.2. The van der Waals surface area contributed by atoms with Crippen LogP contribution in [0.4, 0.5) is 0 Å². The number of benzene rings is 3. The van der Waals surface area contributed by atoms with Gasteiger partial charge in [0.1, 0.15) is 17.4 Å². The summed E-state index contributed by atoms with van der Waals surface area (Å²) in [7, 11) is -0.699. The van der Waals surface area contributed by atoms with Crippen LogP contribution in [-0.4, -0.2) is 45.6 Å². The molecule has 1 aromatic heterocycles. The summed E-state index contributed by atoms with van der Waals surface area (Å²) >= 11 is 0. The van der Waals surface area contributed by atoms with E-state index in [1.807, 2.05) is 0 Å². The van der Waals surface area contributed by atoms with Crippen molar-refractivity contribution < 1.29 is 32.3 Å². The third kappa shape index (κ3) is 5.40. The number of carboxylic acid groups (broad SMARTS) is 1. The smallest absolute Gasteiger partial charge is 0.326 e. The lowest BCUT2D eigenvalue weighted by molar-refractivity contribution is -0.139. The number of carbonyl (C=O) groups excluding carboxylic acids is 1. The molecule has 0 saturated carbocycles. The molecular weight excluding hydrogens is 484 g/mol. The van der Waals surface area contributed by atoms with Gasteiger partial charge in [-0.2, -0.15) is 0 Å². The second-order valence-electron chi connectivity index (χ2n) is 8.02. The van der Waals surface area contributed by atoms with E-state index in [1.165, 1.54) is 26.3 Å². The van der Waals surface area contributed by atoms with Crippen molar-refractivity contribution >= 4 is 32.9 Å². The molecule has 0 radical (unpaired) electrons. The third-order valence-corrected chi connectivity index (χ3v) is 7.10. The van der Waals surface area contributed by atoms with Crippen molar-refractivity contribution in [3.05, 3.63) is 84.1 Å². The zero-order valence-electron chi connectivity index (χ0n) is 19.5. The van der Waals surface area contributed by atoms with Gasteiger partial charge in [0.15, 0.2) is 5.76 Å². The molecule has 0 fully saturated rings. The van der Waals surface area contributed by atoms with E-state index < -0.39 is 27.9 Å². The molecule has 1 atom stereocenters. The standard InChI is InChI=1S/C26H24N2O7S/c1-27-36(32,33)21-5-3-4-18(14-21)17-8-6-16(7-9-17)12-22(26(30)31)28-25(29)24-15-19-13-20(34-2)10-11-23(19)35-24/h3-11,13-15,22,27H,12H2,1-2H3,(H,28,29)(H,30,31). The van der Waals surface area contributed by atoms with Crippen LogP contribution >= 0.6 is 0 Å². The molecule has 0 aliphatic rings. The average Bonchev–Trinajstić information content (AvgIpc) is 3.32. The molecule has 0 aliphatic heterocycles. The number of fused-ring (bicyclic) bond motifs is 1. The number of nitrogens with one attached hydrogen (secondary N) is 2. The summed E-state index contributed by atoms with van der Waals surface area (Å²) in [4.78, 5) is 24.7. The number of sulfonamides is 1. The Hall–Kier alpha value is -4.15. The van der Waals surface area contributed by atoms with Gasteiger partial charge in [-0.05, 0) is 60.1 Å². The molecule has 4 aromatic rings. The quantitative estimate of drug-likeness (QED) is 0.315. The lowest BCUT2D eigenvalue weighted by Crippen LogP contribution is -2.42. The van der Waals surface area contributed by atoms with E-state index in [9.17, 15) is 23.1 Å². The number of aliphatic carboxylic acids is 1. The Morgan fingerprint density at radius 2 is 1.75 bits per heavy atom. The van der Waals surface area contributed by atoms with Gasteiger partial charge >= 0.3 is 5.97 Å². The first kappa shape index (κ1) is 25.0. The summed E-state index contributed by atoms with van der Waals surface area (Å²) < 4.78 is 37.2. The van der Waals surface area contributed by atoms with Crippen molar-refractivity contribution in [1.82, 2.24) is 10.0 Å². The summed E-state index contributed by atoms with van der Waals surface area (Å²) in [6.07, 6.45) is 0.0452. The summed E-state index contributed by atoms with van der Waals surface area (Å²) in [5.74, 6) is -1.22. The first-order valence-electron chi connectivity index (χ1n) is 10.9. The predicted octanol–water partition coefficient (Wildman–Crippen LogP) is 3.44. The number of hydrogen-bond acceptors (Lipinski definition) is 6. The van der Waals surface area contributed by atoms with Crippen LogP contribution in [0.3, 0.4) is 0 Å². The molecule has 1 unspecified atom stereocenters. The number of carbonyl (C=O) groups is 2. The number of ether oxygens (including phenoxy) is 1. The molecule has 1 heterocycles. The lowest BCUT2D eigenvalue weighted by Gasteiger charge is -2.14. The normalized spacial score (nSPS) is 12.3. The van der Waals surface area contributed by atoms with Gasteiger partial charge in [-0.15, -0.1) is 0 Å². The Balaban J connectivity index is 1.49. The topological polar surface area (TPSA) is 135 Å². The number of amides is 1. The number of methoxy groups -OCH3 is 1. The molecule has 0 bridgehead atoms. The Morgan fingerprint density at radius 1 is 1.00 bits per heavy atom. The van der Waals surface area contributed by atoms with Crippen molar-refractivity contribution in [2.75, 3.05) is 14.2 Å². The average molecular weight is 509 g/mol. The van der Waals surface area contributed by atoms with Crippen molar-refractivity contribution in [2.24, 2.45) is 0 Å². The molecule has 0 spiro atoms. The Labute approximate surface area is 207 Å². The SMILES string of the molecule is CNS(=O)(=O)c1cccc(-c2ccc(CC(NC(=O)c3cc4cc(OC)ccc4o3)C(=O)O)cc2)c1. The molecule has 36 heavy (non-hydrogen) atoms. The highest BCUT2D eigenvalue weighted by atomic mass is 32.2. The van der Waals surface area contributed by atoms with Crippen LogP contribution in [-0.2, 0) is 21.2 Å².